The molecule has 0 saturated heterocycles. The van der Waals surface area contributed by atoms with E-state index in [4.69, 9.17) is 0 Å². The molecule has 1 atom stereocenters. The third-order valence-electron chi connectivity index (χ3n) is 4.45. The van der Waals surface area contributed by atoms with Crippen LogP contribution in [0.1, 0.15) is 41.0 Å². The minimum absolute atomic E-state index is 0.104. The average molecular weight is 336 g/mol. The van der Waals surface area contributed by atoms with Crippen LogP contribution in [0.2, 0.25) is 0 Å². The summed E-state index contributed by atoms with van der Waals surface area (Å²) < 4.78 is 13.1. The molecule has 0 saturated carbocycles. The third-order valence-corrected chi connectivity index (χ3v) is 4.45. The molecule has 0 amide bonds. The van der Waals surface area contributed by atoms with Crippen molar-refractivity contribution < 1.29 is 9.18 Å². The molecule has 1 aliphatic rings. The van der Waals surface area contributed by atoms with Crippen LogP contribution in [0.15, 0.2) is 48.5 Å². The Morgan fingerprint density at radius 3 is 2.68 bits per heavy atom. The second kappa shape index (κ2) is 6.12. The van der Waals surface area contributed by atoms with E-state index in [0.717, 1.165) is 12.8 Å². The maximum absolute atomic E-state index is 13.1. The first-order chi connectivity index (χ1) is 12.1. The molecule has 1 aliphatic carbocycles. The maximum Gasteiger partial charge on any atom is 0.183 e. The van der Waals surface area contributed by atoms with Gasteiger partial charge in [-0.1, -0.05) is 24.3 Å². The number of carbonyl (C=O) groups is 1. The molecular weight excluding hydrogens is 319 g/mol. The molecule has 2 aromatic carbocycles. The number of fused-ring (bicyclic) bond motifs is 1. The first-order valence-electron chi connectivity index (χ1n) is 8.20. The summed E-state index contributed by atoms with van der Waals surface area (Å²) in [4.78, 5) is 13.3. The Morgan fingerprint density at radius 2 is 1.92 bits per heavy atom. The predicted molar refractivity (Wildman–Crippen MR) is 92.4 cm³/mol. The van der Waals surface area contributed by atoms with Crippen molar-refractivity contribution in [1.29, 1.82) is 0 Å². The van der Waals surface area contributed by atoms with Crippen LogP contribution in [-0.2, 0) is 6.42 Å². The van der Waals surface area contributed by atoms with Gasteiger partial charge >= 0.3 is 0 Å². The van der Waals surface area contributed by atoms with E-state index in [1.54, 1.807) is 12.1 Å². The number of nitrogens with one attached hydrogen (secondary N) is 1. The number of anilines is 1. The van der Waals surface area contributed by atoms with E-state index in [9.17, 15) is 9.18 Å². The molecule has 126 valence electrons. The van der Waals surface area contributed by atoms with Crippen LogP contribution in [0.3, 0.4) is 0 Å². The van der Waals surface area contributed by atoms with Crippen LogP contribution >= 0.6 is 0 Å². The SMILES string of the molecule is CC(=O)c1nn(-c2ccc(F)cc2)nc1NC1CCc2ccccc21. The summed E-state index contributed by atoms with van der Waals surface area (Å²) in [5, 5.41) is 12.1. The largest absolute Gasteiger partial charge is 0.360 e. The molecule has 4 rings (SSSR count). The maximum atomic E-state index is 13.1. The average Bonchev–Trinajstić information content (AvgIpc) is 3.21. The molecule has 0 bridgehead atoms. The topological polar surface area (TPSA) is 59.8 Å². The summed E-state index contributed by atoms with van der Waals surface area (Å²) in [7, 11) is 0. The number of aromatic nitrogens is 3. The number of hydrogen-bond donors (Lipinski definition) is 1. The van der Waals surface area contributed by atoms with E-state index in [2.05, 4.69) is 27.6 Å². The lowest BCUT2D eigenvalue weighted by molar-refractivity contribution is 0.101. The van der Waals surface area contributed by atoms with Crippen molar-refractivity contribution in [3.63, 3.8) is 0 Å². The van der Waals surface area contributed by atoms with Gasteiger partial charge in [-0.2, -0.15) is 0 Å². The minimum atomic E-state index is -0.330. The highest BCUT2D eigenvalue weighted by atomic mass is 19.1. The fourth-order valence-electron chi connectivity index (χ4n) is 3.20. The molecule has 6 heteroatoms. The van der Waals surface area contributed by atoms with Crippen molar-refractivity contribution in [1.82, 2.24) is 15.0 Å². The molecule has 0 spiro atoms. The number of hydrogen-bond acceptors (Lipinski definition) is 4. The molecule has 1 heterocycles. The van der Waals surface area contributed by atoms with Gasteiger partial charge in [-0.3, -0.25) is 4.79 Å². The summed E-state index contributed by atoms with van der Waals surface area (Å²) in [5.74, 6) is -0.0377. The highest BCUT2D eigenvalue weighted by molar-refractivity contribution is 5.96. The van der Waals surface area contributed by atoms with E-state index in [1.165, 1.54) is 35.0 Å². The number of rotatable bonds is 4. The lowest BCUT2D eigenvalue weighted by Crippen LogP contribution is -2.10. The summed E-state index contributed by atoms with van der Waals surface area (Å²) in [5.41, 5.74) is 3.43. The van der Waals surface area contributed by atoms with Crippen LogP contribution in [0.5, 0.6) is 0 Å². The molecule has 0 aliphatic heterocycles. The van der Waals surface area contributed by atoms with E-state index in [1.807, 2.05) is 12.1 Å². The van der Waals surface area contributed by atoms with E-state index < -0.39 is 0 Å². The summed E-state index contributed by atoms with van der Waals surface area (Å²) in [6.07, 6.45) is 1.94. The zero-order chi connectivity index (χ0) is 17.4. The quantitative estimate of drug-likeness (QED) is 0.738. The number of Topliss-reactive ketones (excluding diaryl/α,β-unsaturated/α-hetero) is 1. The van der Waals surface area contributed by atoms with Gasteiger partial charge in [0.25, 0.3) is 0 Å². The van der Waals surface area contributed by atoms with Crippen LogP contribution in [0.25, 0.3) is 5.69 Å². The minimum Gasteiger partial charge on any atom is -0.360 e. The fraction of sp³-hybridized carbons (Fsp3) is 0.211. The summed E-state index contributed by atoms with van der Waals surface area (Å²) >= 11 is 0. The smallest absolute Gasteiger partial charge is 0.183 e. The van der Waals surface area contributed by atoms with Gasteiger partial charge in [0, 0.05) is 6.92 Å². The number of nitrogens with zero attached hydrogens (tertiary/aromatic N) is 3. The molecule has 0 fully saturated rings. The Hall–Kier alpha value is -3.02. The standard InChI is InChI=1S/C19H17FN4O/c1-12(25)18-19(21-17-11-6-13-4-2-3-5-16(13)17)23-24(22-18)15-9-7-14(20)8-10-15/h2-5,7-10,17H,6,11H2,1H3,(H,21,23). The van der Waals surface area contributed by atoms with Crippen molar-refractivity contribution in [2.75, 3.05) is 5.32 Å². The zero-order valence-corrected chi connectivity index (χ0v) is 13.7. The van der Waals surface area contributed by atoms with E-state index in [0.29, 0.717) is 11.5 Å². The van der Waals surface area contributed by atoms with E-state index >= 15 is 0 Å². The van der Waals surface area contributed by atoms with Crippen LogP contribution < -0.4 is 5.32 Å². The summed E-state index contributed by atoms with van der Waals surface area (Å²) in [6.45, 7) is 1.47. The van der Waals surface area contributed by atoms with Crippen LogP contribution in [-0.4, -0.2) is 20.8 Å². The van der Waals surface area contributed by atoms with Gasteiger partial charge in [0.05, 0.1) is 11.7 Å². The Kier molecular flexibility index (Phi) is 3.80. The van der Waals surface area contributed by atoms with Gasteiger partial charge < -0.3 is 5.32 Å². The normalized spacial score (nSPS) is 15.8. The van der Waals surface area contributed by atoms with Crippen molar-refractivity contribution in [3.05, 3.63) is 71.2 Å². The molecular formula is C19H17FN4O. The zero-order valence-electron chi connectivity index (χ0n) is 13.7. The van der Waals surface area contributed by atoms with Crippen LogP contribution in [0.4, 0.5) is 10.2 Å². The van der Waals surface area contributed by atoms with Crippen molar-refractivity contribution in [3.8, 4) is 5.69 Å². The predicted octanol–water partition coefficient (Wildman–Crippen LogP) is 3.71. The summed E-state index contributed by atoms with van der Waals surface area (Å²) in [6, 6.07) is 14.2. The first kappa shape index (κ1) is 15.5. The number of halogens is 1. The molecule has 25 heavy (non-hydrogen) atoms. The van der Waals surface area contributed by atoms with Gasteiger partial charge in [-0.05, 0) is 48.2 Å². The third kappa shape index (κ3) is 2.91. The molecule has 1 unspecified atom stereocenters. The Bertz CT molecular complexity index is 933. The van der Waals surface area contributed by atoms with Crippen LogP contribution in [0, 0.1) is 5.82 Å². The molecule has 1 aromatic heterocycles. The van der Waals surface area contributed by atoms with Crippen molar-refractivity contribution in [2.45, 2.75) is 25.8 Å². The number of benzene rings is 2. The Balaban J connectivity index is 1.67. The Labute approximate surface area is 144 Å². The fourth-order valence-corrected chi connectivity index (χ4v) is 3.20. The molecule has 5 nitrogen and oxygen atoms in total. The highest BCUT2D eigenvalue weighted by Crippen LogP contribution is 2.33. The number of carbonyl (C=O) groups excluding carboxylic acids is 1. The lowest BCUT2D eigenvalue weighted by atomic mass is 10.1. The van der Waals surface area contributed by atoms with Crippen molar-refractivity contribution in [2.24, 2.45) is 0 Å². The number of aryl methyl sites for hydroxylation is 1. The van der Waals surface area contributed by atoms with Crippen molar-refractivity contribution >= 4 is 11.6 Å². The lowest BCUT2D eigenvalue weighted by Gasteiger charge is -2.13. The first-order valence-corrected chi connectivity index (χ1v) is 8.20. The van der Waals surface area contributed by atoms with Gasteiger partial charge in [0.1, 0.15) is 5.82 Å². The van der Waals surface area contributed by atoms with Gasteiger partial charge in [0.15, 0.2) is 17.3 Å². The highest BCUT2D eigenvalue weighted by Gasteiger charge is 2.25. The molecule has 1 N–H and O–H groups in total. The van der Waals surface area contributed by atoms with Gasteiger partial charge in [-0.25, -0.2) is 4.39 Å². The second-order valence-corrected chi connectivity index (χ2v) is 6.15. The van der Waals surface area contributed by atoms with E-state index in [-0.39, 0.29) is 23.3 Å². The van der Waals surface area contributed by atoms with Gasteiger partial charge in [0.2, 0.25) is 0 Å². The Morgan fingerprint density at radius 1 is 1.16 bits per heavy atom. The van der Waals surface area contributed by atoms with Gasteiger partial charge in [-0.15, -0.1) is 15.0 Å². The molecule has 0 radical (unpaired) electrons. The number of ketones is 1. The molecule has 3 aromatic rings. The second-order valence-electron chi connectivity index (χ2n) is 6.15. The monoisotopic (exact) mass is 336 g/mol.